The van der Waals surface area contributed by atoms with Gasteiger partial charge in [0.05, 0.1) is 24.8 Å². The number of amides is 1. The fourth-order valence-electron chi connectivity index (χ4n) is 1.64. The molecule has 7 nitrogen and oxygen atoms in total. The van der Waals surface area contributed by atoms with Gasteiger partial charge >= 0.3 is 12.2 Å². The van der Waals surface area contributed by atoms with E-state index in [9.17, 15) is 9.59 Å². The number of hydrogen-bond donors (Lipinski definition) is 1. The molecular weight excluding hydrogens is 250 g/mol. The van der Waals surface area contributed by atoms with Crippen molar-refractivity contribution in [1.29, 1.82) is 0 Å². The summed E-state index contributed by atoms with van der Waals surface area (Å²) in [6, 6.07) is 6.98. The van der Waals surface area contributed by atoms with Crippen molar-refractivity contribution in [2.24, 2.45) is 0 Å². The number of nitrogens with zero attached hydrogens (tertiary/aromatic N) is 2. The molecule has 0 bridgehead atoms. The zero-order valence-corrected chi connectivity index (χ0v) is 10.5. The van der Waals surface area contributed by atoms with Gasteiger partial charge in [-0.25, -0.2) is 19.1 Å². The topological polar surface area (TPSA) is 82.5 Å². The molecule has 0 saturated carbocycles. The SMILES string of the molecule is CCOC(=O)Nc1nc2ccccc2n1C(=O)OC. The molecule has 0 spiro atoms. The molecule has 1 aromatic heterocycles. The highest BCUT2D eigenvalue weighted by atomic mass is 16.6. The summed E-state index contributed by atoms with van der Waals surface area (Å²) in [5, 5.41) is 2.41. The second-order valence-electron chi connectivity index (χ2n) is 3.58. The smallest absolute Gasteiger partial charge is 0.421 e. The summed E-state index contributed by atoms with van der Waals surface area (Å²) in [6.45, 7) is 1.91. The first kappa shape index (κ1) is 12.9. The molecule has 0 radical (unpaired) electrons. The van der Waals surface area contributed by atoms with Crippen molar-refractivity contribution in [2.75, 3.05) is 19.0 Å². The number of rotatable bonds is 2. The number of hydrogen-bond acceptors (Lipinski definition) is 5. The van der Waals surface area contributed by atoms with Crippen LogP contribution in [0.15, 0.2) is 24.3 Å². The number of carbonyl (C=O) groups excluding carboxylic acids is 2. The molecule has 19 heavy (non-hydrogen) atoms. The fourth-order valence-corrected chi connectivity index (χ4v) is 1.64. The van der Waals surface area contributed by atoms with Crippen LogP contribution in [0, 0.1) is 0 Å². The van der Waals surface area contributed by atoms with E-state index in [0.29, 0.717) is 11.0 Å². The quantitative estimate of drug-likeness (QED) is 0.898. The number of benzene rings is 1. The summed E-state index contributed by atoms with van der Waals surface area (Å²) in [4.78, 5) is 27.3. The summed E-state index contributed by atoms with van der Waals surface area (Å²) < 4.78 is 10.6. The van der Waals surface area contributed by atoms with E-state index in [1.807, 2.05) is 0 Å². The Bertz CT molecular complexity index is 620. The Morgan fingerprint density at radius 1 is 1.37 bits per heavy atom. The van der Waals surface area contributed by atoms with Gasteiger partial charge in [-0.2, -0.15) is 0 Å². The van der Waals surface area contributed by atoms with Crippen LogP contribution in [-0.4, -0.2) is 35.5 Å². The monoisotopic (exact) mass is 263 g/mol. The van der Waals surface area contributed by atoms with Gasteiger partial charge in [-0.3, -0.25) is 5.32 Å². The average molecular weight is 263 g/mol. The number of para-hydroxylation sites is 2. The first-order chi connectivity index (χ1) is 9.17. The van der Waals surface area contributed by atoms with E-state index < -0.39 is 12.2 Å². The Morgan fingerprint density at radius 3 is 2.79 bits per heavy atom. The largest absolute Gasteiger partial charge is 0.452 e. The van der Waals surface area contributed by atoms with Crippen LogP contribution >= 0.6 is 0 Å². The number of ether oxygens (including phenoxy) is 2. The number of fused-ring (bicyclic) bond motifs is 1. The van der Waals surface area contributed by atoms with Gasteiger partial charge in [0.25, 0.3) is 0 Å². The molecule has 0 aliphatic rings. The lowest BCUT2D eigenvalue weighted by molar-refractivity contribution is 0.167. The Hall–Kier alpha value is -2.57. The number of methoxy groups -OCH3 is 1. The molecule has 1 heterocycles. The number of anilines is 1. The minimum atomic E-state index is -0.678. The Labute approximate surface area is 109 Å². The molecule has 1 aromatic carbocycles. The average Bonchev–Trinajstić information content (AvgIpc) is 2.75. The van der Waals surface area contributed by atoms with Gasteiger partial charge in [-0.05, 0) is 19.1 Å². The predicted molar refractivity (Wildman–Crippen MR) is 68.2 cm³/mol. The summed E-state index contributed by atoms with van der Waals surface area (Å²) >= 11 is 0. The van der Waals surface area contributed by atoms with Crippen LogP contribution in [0.5, 0.6) is 0 Å². The van der Waals surface area contributed by atoms with E-state index in [1.165, 1.54) is 11.7 Å². The predicted octanol–water partition coefficient (Wildman–Crippen LogP) is 2.22. The van der Waals surface area contributed by atoms with E-state index in [2.05, 4.69) is 15.0 Å². The lowest BCUT2D eigenvalue weighted by Gasteiger charge is -2.07. The molecule has 1 amide bonds. The highest BCUT2D eigenvalue weighted by Gasteiger charge is 2.18. The number of nitrogens with one attached hydrogen (secondary N) is 1. The lowest BCUT2D eigenvalue weighted by Crippen LogP contribution is -2.20. The second kappa shape index (κ2) is 5.38. The molecule has 7 heteroatoms. The zero-order valence-electron chi connectivity index (χ0n) is 10.5. The molecule has 0 fully saturated rings. The molecule has 100 valence electrons. The van der Waals surface area contributed by atoms with E-state index in [-0.39, 0.29) is 12.6 Å². The number of carbonyl (C=O) groups is 2. The third-order valence-electron chi connectivity index (χ3n) is 2.41. The molecule has 0 aliphatic carbocycles. The minimum absolute atomic E-state index is 0.0616. The Kier molecular flexibility index (Phi) is 3.65. The van der Waals surface area contributed by atoms with Crippen LogP contribution < -0.4 is 5.32 Å². The van der Waals surface area contributed by atoms with Gasteiger partial charge in [0, 0.05) is 0 Å². The highest BCUT2D eigenvalue weighted by molar-refractivity contribution is 5.94. The van der Waals surface area contributed by atoms with Crippen LogP contribution in [-0.2, 0) is 9.47 Å². The van der Waals surface area contributed by atoms with E-state index in [0.717, 1.165) is 0 Å². The van der Waals surface area contributed by atoms with Crippen molar-refractivity contribution in [3.05, 3.63) is 24.3 Å². The van der Waals surface area contributed by atoms with Crippen LogP contribution in [0.2, 0.25) is 0 Å². The summed E-state index contributed by atoms with van der Waals surface area (Å²) in [7, 11) is 1.26. The van der Waals surface area contributed by atoms with Crippen LogP contribution in [0.1, 0.15) is 6.92 Å². The summed E-state index contributed by atoms with van der Waals surface area (Å²) in [5.74, 6) is 0.0616. The number of imidazole rings is 1. The maximum absolute atomic E-state index is 11.8. The van der Waals surface area contributed by atoms with Gasteiger partial charge in [0.15, 0.2) is 0 Å². The van der Waals surface area contributed by atoms with Crippen molar-refractivity contribution in [3.8, 4) is 0 Å². The molecule has 0 atom stereocenters. The standard InChI is InChI=1S/C12H13N3O4/c1-3-19-11(16)14-10-13-8-6-4-5-7-9(8)15(10)12(17)18-2/h4-7H,3H2,1-2H3,(H,13,14,16). The third kappa shape index (κ3) is 2.49. The van der Waals surface area contributed by atoms with Gasteiger partial charge in [0.1, 0.15) is 0 Å². The lowest BCUT2D eigenvalue weighted by atomic mass is 10.3. The highest BCUT2D eigenvalue weighted by Crippen LogP contribution is 2.19. The van der Waals surface area contributed by atoms with Gasteiger partial charge < -0.3 is 9.47 Å². The molecule has 2 aromatic rings. The van der Waals surface area contributed by atoms with Crippen molar-refractivity contribution in [2.45, 2.75) is 6.92 Å². The van der Waals surface area contributed by atoms with E-state index in [1.54, 1.807) is 31.2 Å². The normalized spacial score (nSPS) is 10.2. The first-order valence-corrected chi connectivity index (χ1v) is 5.67. The van der Waals surface area contributed by atoms with Crippen LogP contribution in [0.25, 0.3) is 11.0 Å². The molecular formula is C12H13N3O4. The molecule has 2 rings (SSSR count). The van der Waals surface area contributed by atoms with Crippen molar-refractivity contribution in [1.82, 2.24) is 9.55 Å². The van der Waals surface area contributed by atoms with Crippen molar-refractivity contribution in [3.63, 3.8) is 0 Å². The minimum Gasteiger partial charge on any atom is -0.452 e. The van der Waals surface area contributed by atoms with Crippen LogP contribution in [0.4, 0.5) is 15.5 Å². The molecule has 0 unspecified atom stereocenters. The maximum Gasteiger partial charge on any atom is 0.421 e. The Balaban J connectivity index is 2.47. The zero-order chi connectivity index (χ0) is 13.8. The van der Waals surface area contributed by atoms with Crippen LogP contribution in [0.3, 0.4) is 0 Å². The molecule has 1 N–H and O–H groups in total. The van der Waals surface area contributed by atoms with Gasteiger partial charge in [-0.1, -0.05) is 12.1 Å². The second-order valence-corrected chi connectivity index (χ2v) is 3.58. The van der Waals surface area contributed by atoms with Crippen molar-refractivity contribution >= 4 is 29.2 Å². The summed E-state index contributed by atoms with van der Waals surface area (Å²) in [5.41, 5.74) is 1.11. The van der Waals surface area contributed by atoms with E-state index >= 15 is 0 Å². The van der Waals surface area contributed by atoms with Crippen molar-refractivity contribution < 1.29 is 19.1 Å². The number of aromatic nitrogens is 2. The Morgan fingerprint density at radius 2 is 2.11 bits per heavy atom. The van der Waals surface area contributed by atoms with E-state index in [4.69, 9.17) is 4.74 Å². The summed E-state index contributed by atoms with van der Waals surface area (Å²) in [6.07, 6.45) is -1.32. The molecule has 0 saturated heterocycles. The van der Waals surface area contributed by atoms with Gasteiger partial charge in [0.2, 0.25) is 5.95 Å². The van der Waals surface area contributed by atoms with Gasteiger partial charge in [-0.15, -0.1) is 0 Å². The molecule has 0 aliphatic heterocycles. The third-order valence-corrected chi connectivity index (χ3v) is 2.41. The maximum atomic E-state index is 11.8. The first-order valence-electron chi connectivity index (χ1n) is 5.67. The fraction of sp³-hybridized carbons (Fsp3) is 0.250.